The van der Waals surface area contributed by atoms with Crippen LogP contribution in [-0.4, -0.2) is 88.3 Å². The third-order valence-electron chi connectivity index (χ3n) is 8.65. The SMILES string of the molecule is CCO[C@H]1CCN(C(=O)C(NC(=O)c2cc3cc(C(F)(F)P(=O)(O)O)ccc3s2)C(C)(C)C)[C@@H]1C(=O)N1CCOC(c2ccccc2)C1. The van der Waals surface area contributed by atoms with Crippen LogP contribution in [0.3, 0.4) is 0 Å². The molecule has 2 aromatic carbocycles. The van der Waals surface area contributed by atoms with Crippen molar-refractivity contribution in [1.82, 2.24) is 15.1 Å². The van der Waals surface area contributed by atoms with Gasteiger partial charge in [-0.05, 0) is 47.9 Å². The summed E-state index contributed by atoms with van der Waals surface area (Å²) in [5.41, 5.74) is -5.13. The maximum Gasteiger partial charge on any atom is 0.399 e. The van der Waals surface area contributed by atoms with Crippen LogP contribution in [-0.2, 0) is 29.3 Å². The number of hydrogen-bond donors (Lipinski definition) is 3. The van der Waals surface area contributed by atoms with Crippen LogP contribution in [0.4, 0.5) is 8.78 Å². The minimum absolute atomic E-state index is 0.116. The van der Waals surface area contributed by atoms with Gasteiger partial charge in [0.15, 0.2) is 0 Å². The summed E-state index contributed by atoms with van der Waals surface area (Å²) in [6.45, 7) is 8.78. The first kappa shape index (κ1) is 36.0. The van der Waals surface area contributed by atoms with E-state index < -0.39 is 54.2 Å². The fourth-order valence-electron chi connectivity index (χ4n) is 6.13. The Bertz CT molecular complexity index is 1710. The largest absolute Gasteiger partial charge is 0.399 e. The molecule has 2 saturated heterocycles. The van der Waals surface area contributed by atoms with Gasteiger partial charge >= 0.3 is 13.3 Å². The number of carbonyl (C=O) groups is 3. The highest BCUT2D eigenvalue weighted by molar-refractivity contribution is 7.52. The molecule has 11 nitrogen and oxygen atoms in total. The van der Waals surface area contributed by atoms with Crippen molar-refractivity contribution in [2.24, 2.45) is 5.41 Å². The quantitative estimate of drug-likeness (QED) is 0.267. The Balaban J connectivity index is 1.38. The second-order valence-electron chi connectivity index (χ2n) is 13.0. The molecule has 2 aliphatic heterocycles. The number of hydrogen-bond acceptors (Lipinski definition) is 7. The number of carbonyl (C=O) groups excluding carboxylic acids is 3. The average Bonchev–Trinajstić information content (AvgIpc) is 3.67. The molecule has 0 radical (unpaired) electrons. The number of likely N-dealkylation sites (tertiary alicyclic amines) is 1. The molecule has 0 aliphatic carbocycles. The number of halogens is 2. The number of alkyl halides is 2. The summed E-state index contributed by atoms with van der Waals surface area (Å²) < 4.78 is 52.5. The predicted molar refractivity (Wildman–Crippen MR) is 176 cm³/mol. The van der Waals surface area contributed by atoms with Gasteiger partial charge in [0.1, 0.15) is 18.2 Å². The van der Waals surface area contributed by atoms with E-state index in [0.717, 1.165) is 29.0 Å². The standard InChI is InChI=1S/C33H40F2N3O8PS/c1-5-45-23-13-14-38(27(23)30(40)37-15-16-46-24(19-37)20-9-7-6-8-10-20)31(41)28(32(2,3)4)36-29(39)26-18-21-17-22(11-12-25(21)48-26)33(34,35)47(42,43)44/h6-12,17-18,23-24,27-28H,5,13-16,19H2,1-4H3,(H,36,39)(H2,42,43,44)/t23-,24?,27-,28?/m0/s1. The molecule has 2 fully saturated rings. The van der Waals surface area contributed by atoms with E-state index >= 15 is 0 Å². The molecule has 48 heavy (non-hydrogen) atoms. The van der Waals surface area contributed by atoms with Gasteiger partial charge in [0.2, 0.25) is 11.8 Å². The summed E-state index contributed by atoms with van der Waals surface area (Å²) in [4.78, 5) is 63.6. The smallest absolute Gasteiger partial charge is 0.376 e. The first-order chi connectivity index (χ1) is 22.5. The molecule has 0 bridgehead atoms. The van der Waals surface area contributed by atoms with Crippen molar-refractivity contribution in [3.05, 3.63) is 70.6 Å². The third-order valence-corrected chi connectivity index (χ3v) is 10.8. The predicted octanol–water partition coefficient (Wildman–Crippen LogP) is 4.88. The highest BCUT2D eigenvalue weighted by Gasteiger charge is 2.51. The van der Waals surface area contributed by atoms with E-state index in [-0.39, 0.29) is 28.8 Å². The molecule has 5 rings (SSSR count). The van der Waals surface area contributed by atoms with Crippen molar-refractivity contribution in [1.29, 1.82) is 0 Å². The van der Waals surface area contributed by atoms with Crippen molar-refractivity contribution in [2.75, 3.05) is 32.8 Å². The van der Waals surface area contributed by atoms with Gasteiger partial charge in [0.25, 0.3) is 5.91 Å². The molecule has 15 heteroatoms. The lowest BCUT2D eigenvalue weighted by molar-refractivity contribution is -0.154. The summed E-state index contributed by atoms with van der Waals surface area (Å²) in [6, 6.07) is 12.1. The fraction of sp³-hybridized carbons (Fsp3) is 0.485. The first-order valence-electron chi connectivity index (χ1n) is 15.7. The second kappa shape index (κ2) is 13.9. The Kier molecular flexibility index (Phi) is 10.5. The van der Waals surface area contributed by atoms with Crippen LogP contribution in [0.5, 0.6) is 0 Å². The summed E-state index contributed by atoms with van der Waals surface area (Å²) in [6.07, 6.45) is -0.420. The van der Waals surface area contributed by atoms with Gasteiger partial charge in [0.05, 0.1) is 24.1 Å². The van der Waals surface area contributed by atoms with Gasteiger partial charge < -0.3 is 34.4 Å². The molecule has 1 aromatic heterocycles. The third kappa shape index (κ3) is 7.34. The lowest BCUT2D eigenvalue weighted by Gasteiger charge is -2.39. The van der Waals surface area contributed by atoms with Crippen LogP contribution in [0, 0.1) is 5.41 Å². The summed E-state index contributed by atoms with van der Waals surface area (Å²) in [7, 11) is -5.78. The molecule has 2 unspecified atom stereocenters. The van der Waals surface area contributed by atoms with Crippen molar-refractivity contribution in [3.8, 4) is 0 Å². The van der Waals surface area contributed by atoms with E-state index in [2.05, 4.69) is 5.32 Å². The highest BCUT2D eigenvalue weighted by atomic mass is 32.1. The van der Waals surface area contributed by atoms with Crippen LogP contribution in [0.15, 0.2) is 54.6 Å². The zero-order chi connectivity index (χ0) is 35.0. The molecular weight excluding hydrogens is 667 g/mol. The molecule has 3 amide bonds. The number of ether oxygens (including phenoxy) is 2. The van der Waals surface area contributed by atoms with Crippen LogP contribution in [0.2, 0.25) is 0 Å². The number of benzene rings is 2. The Morgan fingerprint density at radius 3 is 2.46 bits per heavy atom. The van der Waals surface area contributed by atoms with Gasteiger partial charge in [0, 0.05) is 30.0 Å². The normalized spacial score (nSPS) is 21.4. The van der Waals surface area contributed by atoms with Crippen LogP contribution in [0.25, 0.3) is 10.1 Å². The number of amides is 3. The number of morpholine rings is 1. The zero-order valence-electron chi connectivity index (χ0n) is 27.1. The van der Waals surface area contributed by atoms with Gasteiger partial charge in [-0.1, -0.05) is 57.2 Å². The summed E-state index contributed by atoms with van der Waals surface area (Å²) in [5.74, 6) is -1.33. The van der Waals surface area contributed by atoms with Crippen LogP contribution >= 0.6 is 18.9 Å². The Labute approximate surface area is 281 Å². The molecule has 3 heterocycles. The number of rotatable bonds is 9. The minimum Gasteiger partial charge on any atom is -0.376 e. The van der Waals surface area contributed by atoms with Crippen molar-refractivity contribution < 1.29 is 47.0 Å². The van der Waals surface area contributed by atoms with E-state index in [9.17, 15) is 27.7 Å². The Morgan fingerprint density at radius 1 is 1.10 bits per heavy atom. The fourth-order valence-corrected chi connectivity index (χ4v) is 7.55. The van der Waals surface area contributed by atoms with Crippen molar-refractivity contribution in [3.63, 3.8) is 0 Å². The van der Waals surface area contributed by atoms with Crippen LogP contribution < -0.4 is 5.32 Å². The van der Waals surface area contributed by atoms with Gasteiger partial charge in [-0.2, -0.15) is 8.78 Å². The lowest BCUT2D eigenvalue weighted by atomic mass is 9.85. The minimum atomic E-state index is -5.78. The molecule has 0 spiro atoms. The van der Waals surface area contributed by atoms with Crippen LogP contribution in [0.1, 0.15) is 61.0 Å². The average molecular weight is 708 g/mol. The van der Waals surface area contributed by atoms with E-state index in [1.807, 2.05) is 37.3 Å². The Morgan fingerprint density at radius 2 is 1.81 bits per heavy atom. The molecule has 4 atom stereocenters. The molecule has 2 aliphatic rings. The van der Waals surface area contributed by atoms with E-state index in [4.69, 9.17) is 19.3 Å². The molecule has 3 N–H and O–H groups in total. The monoisotopic (exact) mass is 707 g/mol. The second-order valence-corrected chi connectivity index (χ2v) is 15.8. The summed E-state index contributed by atoms with van der Waals surface area (Å²) in [5, 5.41) is 3.01. The van der Waals surface area contributed by atoms with Crippen molar-refractivity contribution >= 4 is 46.7 Å². The first-order valence-corrected chi connectivity index (χ1v) is 18.1. The van der Waals surface area contributed by atoms with Gasteiger partial charge in [-0.15, -0.1) is 11.3 Å². The molecule has 260 valence electrons. The maximum absolute atomic E-state index is 14.4. The van der Waals surface area contributed by atoms with E-state index in [1.54, 1.807) is 25.7 Å². The van der Waals surface area contributed by atoms with E-state index in [0.29, 0.717) is 37.4 Å². The molecule has 3 aromatic rings. The number of thiophene rings is 1. The number of nitrogens with zero attached hydrogens (tertiary/aromatic N) is 2. The summed E-state index contributed by atoms with van der Waals surface area (Å²) >= 11 is 0.990. The van der Waals surface area contributed by atoms with E-state index in [1.165, 1.54) is 17.0 Å². The van der Waals surface area contributed by atoms with Gasteiger partial charge in [-0.3, -0.25) is 18.9 Å². The maximum atomic E-state index is 14.4. The lowest BCUT2D eigenvalue weighted by Crippen LogP contribution is -2.60. The van der Waals surface area contributed by atoms with Crippen molar-refractivity contribution in [2.45, 2.75) is 64.1 Å². The number of nitrogens with one attached hydrogen (secondary N) is 1. The topological polar surface area (TPSA) is 146 Å². The molecular formula is C33H40F2N3O8PS. The molecule has 0 saturated carbocycles. The van der Waals surface area contributed by atoms with Gasteiger partial charge in [-0.25, -0.2) is 0 Å². The highest BCUT2D eigenvalue weighted by Crippen LogP contribution is 2.59. The zero-order valence-corrected chi connectivity index (χ0v) is 28.8. The Hall–Kier alpha value is -3.26. The number of fused-ring (bicyclic) bond motifs is 1.